The molecule has 0 aromatic heterocycles. The number of piperidine rings is 1. The van der Waals surface area contributed by atoms with Crippen LogP contribution in [0, 0.1) is 23.2 Å². The Labute approximate surface area is 186 Å². The first-order valence-electron chi connectivity index (χ1n) is 11.0. The molecule has 0 aromatic carbocycles. The highest BCUT2D eigenvalue weighted by atomic mass is 19.4. The molecule has 3 fully saturated rings. The van der Waals surface area contributed by atoms with Crippen LogP contribution in [0.3, 0.4) is 0 Å². The summed E-state index contributed by atoms with van der Waals surface area (Å²) in [6, 6.07) is -1.16. The summed E-state index contributed by atoms with van der Waals surface area (Å²) < 4.78 is 50.1. The van der Waals surface area contributed by atoms with Gasteiger partial charge in [-0.15, -0.1) is 0 Å². The summed E-state index contributed by atoms with van der Waals surface area (Å²) in [4.78, 5) is 39.0. The molecule has 0 radical (unpaired) electrons. The van der Waals surface area contributed by atoms with E-state index in [1.54, 1.807) is 41.5 Å². The summed E-state index contributed by atoms with van der Waals surface area (Å²) in [5, 5.41) is 2.86. The third-order valence-electron chi connectivity index (χ3n) is 6.36. The molecule has 6 atom stereocenters. The average molecular weight is 463 g/mol. The van der Waals surface area contributed by atoms with Gasteiger partial charge in [0.1, 0.15) is 18.1 Å². The van der Waals surface area contributed by atoms with Crippen LogP contribution in [0.5, 0.6) is 0 Å². The standard InChI is InChI=1S/C22H33F3N2O5/c1-20(2,3)18(29)31-17-13-8-11-7-12(15(13)26-19(30)32-21(4,5)6)16(17)27(10-11)14(28)9-22(23,24)25/h11-13,15-17H,7-10H2,1-6H3,(H,26,30)/t11-,12-,13+,15?,16?,17-/m0/s1. The van der Waals surface area contributed by atoms with Crippen LogP contribution >= 0.6 is 0 Å². The molecule has 1 N–H and O–H groups in total. The molecule has 182 valence electrons. The summed E-state index contributed by atoms with van der Waals surface area (Å²) in [6.07, 6.45) is -6.41. The molecule has 10 heteroatoms. The van der Waals surface area contributed by atoms with E-state index in [4.69, 9.17) is 9.47 Å². The number of carbonyl (C=O) groups is 3. The molecule has 0 aromatic rings. The first-order valence-corrected chi connectivity index (χ1v) is 11.0. The number of alkyl halides is 3. The normalized spacial score (nSPS) is 32.0. The Bertz CT molecular complexity index is 771. The van der Waals surface area contributed by atoms with Gasteiger partial charge in [-0.1, -0.05) is 0 Å². The van der Waals surface area contributed by atoms with Crippen molar-refractivity contribution in [2.45, 2.75) is 90.8 Å². The Morgan fingerprint density at radius 3 is 2.12 bits per heavy atom. The van der Waals surface area contributed by atoms with Gasteiger partial charge < -0.3 is 19.7 Å². The number of amides is 2. The number of rotatable bonds is 3. The molecule has 2 saturated carbocycles. The second-order valence-corrected chi connectivity index (χ2v) is 11.3. The molecule has 2 amide bonds. The highest BCUT2D eigenvalue weighted by Crippen LogP contribution is 2.52. The molecule has 1 heterocycles. The van der Waals surface area contributed by atoms with E-state index in [1.165, 1.54) is 4.90 Å². The van der Waals surface area contributed by atoms with Gasteiger partial charge in [0.2, 0.25) is 5.91 Å². The monoisotopic (exact) mass is 462 g/mol. The molecule has 2 aliphatic carbocycles. The number of nitrogens with one attached hydrogen (secondary N) is 1. The fourth-order valence-electron chi connectivity index (χ4n) is 5.28. The minimum absolute atomic E-state index is 0.00606. The highest BCUT2D eigenvalue weighted by Gasteiger charge is 2.63. The van der Waals surface area contributed by atoms with Gasteiger partial charge in [-0.3, -0.25) is 9.59 Å². The topological polar surface area (TPSA) is 84.9 Å². The number of hydrogen-bond donors (Lipinski definition) is 1. The molecular formula is C22H33F3N2O5. The van der Waals surface area contributed by atoms with Gasteiger partial charge in [0.05, 0.1) is 11.5 Å². The first-order chi connectivity index (χ1) is 14.5. The lowest BCUT2D eigenvalue weighted by Crippen LogP contribution is -2.57. The zero-order valence-electron chi connectivity index (χ0n) is 19.4. The number of esters is 1. The Morgan fingerprint density at radius 2 is 1.59 bits per heavy atom. The van der Waals surface area contributed by atoms with Crippen LogP contribution in [0.15, 0.2) is 0 Å². The number of ether oxygens (including phenoxy) is 2. The summed E-state index contributed by atoms with van der Waals surface area (Å²) in [6.45, 7) is 10.5. The van der Waals surface area contributed by atoms with E-state index in [2.05, 4.69) is 5.32 Å². The fraction of sp³-hybridized carbons (Fsp3) is 0.864. The lowest BCUT2D eigenvalue weighted by molar-refractivity contribution is -0.173. The number of nitrogens with zero attached hydrogens (tertiary/aromatic N) is 1. The number of fused-ring (bicyclic) bond motifs is 2. The predicted octanol–water partition coefficient (Wildman–Crippen LogP) is 3.66. The van der Waals surface area contributed by atoms with Gasteiger partial charge in [-0.2, -0.15) is 13.2 Å². The SMILES string of the molecule is CC(C)(C)OC(=O)NC1[C@@H]2C[C@H]3C[C@H]1[C@H](OC(=O)C(C)(C)C)C2N(C(=O)CC(F)(F)F)C3. The lowest BCUT2D eigenvalue weighted by atomic mass is 9.74. The fourth-order valence-corrected chi connectivity index (χ4v) is 5.28. The zero-order chi connectivity index (χ0) is 24.2. The number of carbonyl (C=O) groups excluding carboxylic acids is 3. The Kier molecular flexibility index (Phi) is 6.23. The van der Waals surface area contributed by atoms with E-state index < -0.39 is 59.8 Å². The second-order valence-electron chi connectivity index (χ2n) is 11.3. The third kappa shape index (κ3) is 5.31. The van der Waals surface area contributed by atoms with Crippen molar-refractivity contribution in [2.24, 2.45) is 23.2 Å². The molecule has 3 bridgehead atoms. The summed E-state index contributed by atoms with van der Waals surface area (Å²) in [7, 11) is 0. The molecule has 32 heavy (non-hydrogen) atoms. The minimum Gasteiger partial charge on any atom is -0.459 e. The van der Waals surface area contributed by atoms with Crippen molar-refractivity contribution < 1.29 is 37.0 Å². The van der Waals surface area contributed by atoms with E-state index in [9.17, 15) is 27.6 Å². The molecular weight excluding hydrogens is 429 g/mol. The quantitative estimate of drug-likeness (QED) is 0.647. The van der Waals surface area contributed by atoms with Gasteiger partial charge >= 0.3 is 18.2 Å². The minimum atomic E-state index is -4.63. The van der Waals surface area contributed by atoms with Crippen molar-refractivity contribution >= 4 is 18.0 Å². The van der Waals surface area contributed by atoms with Gasteiger partial charge in [-0.05, 0) is 60.3 Å². The van der Waals surface area contributed by atoms with Gasteiger partial charge in [0.25, 0.3) is 0 Å². The van der Waals surface area contributed by atoms with Crippen molar-refractivity contribution in [3.8, 4) is 0 Å². The van der Waals surface area contributed by atoms with Crippen LogP contribution in [0.4, 0.5) is 18.0 Å². The van der Waals surface area contributed by atoms with Crippen molar-refractivity contribution in [3.63, 3.8) is 0 Å². The second kappa shape index (κ2) is 8.09. The van der Waals surface area contributed by atoms with Crippen LogP contribution in [-0.2, 0) is 19.1 Å². The summed E-state index contributed by atoms with van der Waals surface area (Å²) in [5.74, 6) is -2.13. The van der Waals surface area contributed by atoms with Gasteiger partial charge in [0.15, 0.2) is 0 Å². The average Bonchev–Trinajstić information content (AvgIpc) is 2.70. The van der Waals surface area contributed by atoms with E-state index >= 15 is 0 Å². The number of hydrogen-bond acceptors (Lipinski definition) is 5. The zero-order valence-corrected chi connectivity index (χ0v) is 19.4. The largest absolute Gasteiger partial charge is 0.459 e. The van der Waals surface area contributed by atoms with Gasteiger partial charge in [0, 0.05) is 24.4 Å². The van der Waals surface area contributed by atoms with Crippen LogP contribution in [-0.4, -0.2) is 59.4 Å². The van der Waals surface area contributed by atoms with Crippen molar-refractivity contribution in [2.75, 3.05) is 6.54 Å². The summed E-state index contributed by atoms with van der Waals surface area (Å²) >= 11 is 0. The third-order valence-corrected chi connectivity index (χ3v) is 6.36. The number of likely N-dealkylation sites (tertiary alicyclic amines) is 1. The smallest absolute Gasteiger partial charge is 0.407 e. The summed E-state index contributed by atoms with van der Waals surface area (Å²) in [5.41, 5.74) is -1.53. The number of halogens is 3. The molecule has 1 saturated heterocycles. The Hall–Kier alpha value is -2.00. The van der Waals surface area contributed by atoms with Crippen molar-refractivity contribution in [1.82, 2.24) is 10.2 Å². The Morgan fingerprint density at radius 1 is 1.00 bits per heavy atom. The maximum atomic E-state index is 13.0. The Balaban J connectivity index is 1.90. The lowest BCUT2D eigenvalue weighted by Gasteiger charge is -2.45. The predicted molar refractivity (Wildman–Crippen MR) is 108 cm³/mol. The molecule has 0 spiro atoms. The van der Waals surface area contributed by atoms with Crippen LogP contribution in [0.1, 0.15) is 60.8 Å². The maximum Gasteiger partial charge on any atom is 0.407 e. The van der Waals surface area contributed by atoms with Crippen LogP contribution < -0.4 is 5.32 Å². The molecule has 3 aliphatic rings. The molecule has 3 rings (SSSR count). The van der Waals surface area contributed by atoms with Crippen molar-refractivity contribution in [1.29, 1.82) is 0 Å². The molecule has 1 aliphatic heterocycles. The van der Waals surface area contributed by atoms with E-state index in [0.717, 1.165) is 0 Å². The van der Waals surface area contributed by atoms with Crippen LogP contribution in [0.25, 0.3) is 0 Å². The van der Waals surface area contributed by atoms with E-state index in [-0.39, 0.29) is 24.3 Å². The maximum absolute atomic E-state index is 13.0. The highest BCUT2D eigenvalue weighted by molar-refractivity contribution is 5.78. The van der Waals surface area contributed by atoms with E-state index in [0.29, 0.717) is 12.8 Å². The first kappa shape index (κ1) is 24.6. The van der Waals surface area contributed by atoms with Gasteiger partial charge in [-0.25, -0.2) is 4.79 Å². The molecule has 7 nitrogen and oxygen atoms in total. The van der Waals surface area contributed by atoms with Crippen LogP contribution in [0.2, 0.25) is 0 Å². The number of alkyl carbamates (subject to hydrolysis) is 1. The molecule has 2 unspecified atom stereocenters. The van der Waals surface area contributed by atoms with E-state index in [1.807, 2.05) is 0 Å². The van der Waals surface area contributed by atoms with Crippen molar-refractivity contribution in [3.05, 3.63) is 0 Å².